The van der Waals surface area contributed by atoms with Crippen molar-refractivity contribution in [3.63, 3.8) is 0 Å². The molecule has 1 aromatic carbocycles. The fraction of sp³-hybridized carbons (Fsp3) is 0.588. The third-order valence-electron chi connectivity index (χ3n) is 4.30. The zero-order valence-electron chi connectivity index (χ0n) is 13.1. The molecule has 2 aliphatic heterocycles. The molecule has 0 unspecified atom stereocenters. The summed E-state index contributed by atoms with van der Waals surface area (Å²) < 4.78 is 19.3. The van der Waals surface area contributed by atoms with Gasteiger partial charge < -0.3 is 15.4 Å². The summed E-state index contributed by atoms with van der Waals surface area (Å²) in [7, 11) is 0. The lowest BCUT2D eigenvalue weighted by Gasteiger charge is -2.23. The van der Waals surface area contributed by atoms with Crippen LogP contribution in [0.15, 0.2) is 24.3 Å². The molecule has 2 heterocycles. The van der Waals surface area contributed by atoms with Crippen LogP contribution in [0.5, 0.6) is 0 Å². The van der Waals surface area contributed by atoms with Crippen LogP contribution in [0, 0.1) is 0 Å². The molecule has 0 aromatic heterocycles. The van der Waals surface area contributed by atoms with Crippen LogP contribution in [0.25, 0.3) is 0 Å². The normalized spacial score (nSPS) is 27.1. The Morgan fingerprint density at radius 1 is 1.41 bits per heavy atom. The second-order valence-corrected chi connectivity index (χ2v) is 6.82. The molecule has 0 saturated carbocycles. The van der Waals surface area contributed by atoms with Crippen molar-refractivity contribution >= 4 is 11.6 Å². The molecule has 3 rings (SSSR count). The van der Waals surface area contributed by atoms with Crippen molar-refractivity contribution in [2.75, 3.05) is 11.9 Å². The van der Waals surface area contributed by atoms with Crippen LogP contribution in [0.4, 0.5) is 10.1 Å². The van der Waals surface area contributed by atoms with Gasteiger partial charge in [0, 0.05) is 24.7 Å². The number of carbonyl (C=O) groups excluding carboxylic acids is 1. The molecule has 22 heavy (non-hydrogen) atoms. The number of amides is 1. The minimum Gasteiger partial charge on any atom is -0.367 e. The Morgan fingerprint density at radius 3 is 2.68 bits per heavy atom. The lowest BCUT2D eigenvalue weighted by Crippen LogP contribution is -2.33. The van der Waals surface area contributed by atoms with Crippen molar-refractivity contribution in [1.29, 1.82) is 0 Å². The van der Waals surface area contributed by atoms with E-state index in [-0.39, 0.29) is 24.9 Å². The minimum atomic E-state index is -1.31. The average molecular weight is 306 g/mol. The lowest BCUT2D eigenvalue weighted by atomic mass is 10.0. The molecule has 2 bridgehead atoms. The molecule has 2 aliphatic rings. The van der Waals surface area contributed by atoms with Gasteiger partial charge in [0.1, 0.15) is 5.67 Å². The summed E-state index contributed by atoms with van der Waals surface area (Å²) in [5, 5.41) is 6.26. The second-order valence-electron chi connectivity index (χ2n) is 6.82. The number of morpholine rings is 1. The molecular weight excluding hydrogens is 283 g/mol. The number of hydrogen-bond donors (Lipinski definition) is 2. The minimum absolute atomic E-state index is 0.107. The standard InChI is InChI=1S/C17H23FN2O2/c1-17(2,18)8-7-15(21)20-12-5-3-11(4-6-12)16-14-9-13(22-16)10-19-14/h3-6,13-14,16,19H,7-10H2,1-2H3,(H,20,21)/t13-,14-,16+/m1/s1. The molecule has 2 fully saturated rings. The van der Waals surface area contributed by atoms with E-state index >= 15 is 0 Å². The Labute approximate surface area is 130 Å². The summed E-state index contributed by atoms with van der Waals surface area (Å²) >= 11 is 0. The van der Waals surface area contributed by atoms with Crippen molar-refractivity contribution in [3.8, 4) is 0 Å². The Balaban J connectivity index is 1.54. The third-order valence-corrected chi connectivity index (χ3v) is 4.30. The summed E-state index contributed by atoms with van der Waals surface area (Å²) in [5.74, 6) is -0.156. The summed E-state index contributed by atoms with van der Waals surface area (Å²) in [6, 6.07) is 8.13. The van der Waals surface area contributed by atoms with Gasteiger partial charge in [-0.2, -0.15) is 0 Å². The quantitative estimate of drug-likeness (QED) is 0.879. The maximum atomic E-state index is 13.4. The smallest absolute Gasteiger partial charge is 0.224 e. The van der Waals surface area contributed by atoms with Crippen molar-refractivity contribution in [3.05, 3.63) is 29.8 Å². The first-order valence-electron chi connectivity index (χ1n) is 7.88. The van der Waals surface area contributed by atoms with Gasteiger partial charge in [0.15, 0.2) is 0 Å². The molecule has 2 saturated heterocycles. The topological polar surface area (TPSA) is 50.4 Å². The summed E-state index contributed by atoms with van der Waals surface area (Å²) in [6.07, 6.45) is 1.92. The average Bonchev–Trinajstić information content (AvgIpc) is 3.08. The van der Waals surface area contributed by atoms with E-state index in [4.69, 9.17) is 4.74 Å². The van der Waals surface area contributed by atoms with Crippen LogP contribution in [-0.4, -0.2) is 30.3 Å². The van der Waals surface area contributed by atoms with Gasteiger partial charge in [-0.3, -0.25) is 4.79 Å². The number of nitrogens with one attached hydrogen (secondary N) is 2. The van der Waals surface area contributed by atoms with Gasteiger partial charge in [-0.05, 0) is 44.4 Å². The lowest BCUT2D eigenvalue weighted by molar-refractivity contribution is -0.116. The number of halogens is 1. The Morgan fingerprint density at radius 2 is 2.14 bits per heavy atom. The number of anilines is 1. The number of fused-ring (bicyclic) bond motifs is 2. The molecule has 2 N–H and O–H groups in total. The van der Waals surface area contributed by atoms with E-state index in [2.05, 4.69) is 10.6 Å². The number of ether oxygens (including phenoxy) is 1. The maximum absolute atomic E-state index is 13.4. The van der Waals surface area contributed by atoms with Gasteiger partial charge in [0.05, 0.1) is 12.2 Å². The predicted molar refractivity (Wildman–Crippen MR) is 83.5 cm³/mol. The van der Waals surface area contributed by atoms with E-state index < -0.39 is 5.67 Å². The highest BCUT2D eigenvalue weighted by molar-refractivity contribution is 5.90. The first-order valence-corrected chi connectivity index (χ1v) is 7.88. The largest absolute Gasteiger partial charge is 0.367 e. The van der Waals surface area contributed by atoms with Crippen molar-refractivity contribution < 1.29 is 13.9 Å². The second kappa shape index (κ2) is 5.97. The van der Waals surface area contributed by atoms with E-state index in [1.807, 2.05) is 24.3 Å². The molecule has 3 atom stereocenters. The monoisotopic (exact) mass is 306 g/mol. The molecule has 0 aliphatic carbocycles. The maximum Gasteiger partial charge on any atom is 0.224 e. The highest BCUT2D eigenvalue weighted by atomic mass is 19.1. The fourth-order valence-electron chi connectivity index (χ4n) is 3.07. The number of hydrogen-bond acceptors (Lipinski definition) is 3. The molecule has 5 heteroatoms. The summed E-state index contributed by atoms with van der Waals surface area (Å²) in [6.45, 7) is 3.91. The molecule has 1 aromatic rings. The van der Waals surface area contributed by atoms with E-state index in [9.17, 15) is 9.18 Å². The van der Waals surface area contributed by atoms with Gasteiger partial charge in [-0.15, -0.1) is 0 Å². The molecule has 4 nitrogen and oxygen atoms in total. The third kappa shape index (κ3) is 3.65. The van der Waals surface area contributed by atoms with Crippen LogP contribution in [0.3, 0.4) is 0 Å². The SMILES string of the molecule is CC(C)(F)CCC(=O)Nc1ccc([C@@H]2O[C@H]3CN[C@@H]2C3)cc1. The van der Waals surface area contributed by atoms with E-state index in [1.165, 1.54) is 13.8 Å². The molecular formula is C17H23FN2O2. The van der Waals surface area contributed by atoms with Gasteiger partial charge in [0.25, 0.3) is 0 Å². The van der Waals surface area contributed by atoms with Gasteiger partial charge in [-0.1, -0.05) is 12.1 Å². The van der Waals surface area contributed by atoms with Crippen LogP contribution < -0.4 is 10.6 Å². The predicted octanol–water partition coefficient (Wildman–Crippen LogP) is 2.96. The molecule has 0 spiro atoms. The van der Waals surface area contributed by atoms with Crippen LogP contribution >= 0.6 is 0 Å². The Bertz CT molecular complexity index is 539. The van der Waals surface area contributed by atoms with E-state index in [0.717, 1.165) is 24.2 Å². The van der Waals surface area contributed by atoms with Crippen molar-refractivity contribution in [2.24, 2.45) is 0 Å². The number of benzene rings is 1. The molecule has 1 amide bonds. The summed E-state index contributed by atoms with van der Waals surface area (Å²) in [4.78, 5) is 11.8. The first-order chi connectivity index (χ1) is 10.4. The van der Waals surface area contributed by atoms with Crippen LogP contribution in [-0.2, 0) is 9.53 Å². The zero-order chi connectivity index (χ0) is 15.7. The Kier molecular flexibility index (Phi) is 4.19. The summed E-state index contributed by atoms with van der Waals surface area (Å²) in [5.41, 5.74) is 0.553. The number of rotatable bonds is 5. The van der Waals surface area contributed by atoms with Crippen LogP contribution in [0.2, 0.25) is 0 Å². The van der Waals surface area contributed by atoms with Gasteiger partial charge in [0.2, 0.25) is 5.91 Å². The highest BCUT2D eigenvalue weighted by Gasteiger charge is 2.41. The molecule has 0 radical (unpaired) electrons. The first kappa shape index (κ1) is 15.4. The Hall–Kier alpha value is -1.46. The van der Waals surface area contributed by atoms with E-state index in [1.54, 1.807) is 0 Å². The van der Waals surface area contributed by atoms with Crippen molar-refractivity contribution in [1.82, 2.24) is 5.32 Å². The van der Waals surface area contributed by atoms with Gasteiger partial charge in [-0.25, -0.2) is 4.39 Å². The number of carbonyl (C=O) groups is 1. The fourth-order valence-corrected chi connectivity index (χ4v) is 3.07. The van der Waals surface area contributed by atoms with Crippen molar-refractivity contribution in [2.45, 2.75) is 57.0 Å². The highest BCUT2D eigenvalue weighted by Crippen LogP contribution is 2.37. The van der Waals surface area contributed by atoms with Crippen LogP contribution in [0.1, 0.15) is 44.8 Å². The molecule has 120 valence electrons. The van der Waals surface area contributed by atoms with E-state index in [0.29, 0.717) is 12.1 Å². The van der Waals surface area contributed by atoms with Gasteiger partial charge >= 0.3 is 0 Å². The number of alkyl halides is 1. The zero-order valence-corrected chi connectivity index (χ0v) is 13.1.